The molecule has 172 valence electrons. The van der Waals surface area contributed by atoms with Gasteiger partial charge in [-0.15, -0.1) is 0 Å². The Kier molecular flexibility index (Phi) is 6.19. The van der Waals surface area contributed by atoms with E-state index in [4.69, 9.17) is 9.97 Å². The third-order valence-electron chi connectivity index (χ3n) is 5.93. The molecular weight excluding hydrogens is 436 g/mol. The van der Waals surface area contributed by atoms with Crippen LogP contribution in [-0.4, -0.2) is 64.2 Å². The standard InChI is InChI=1S/C23H28N8OS/c1-15-20(26-19-9-10-24-29-19)27-23(28-21(15)31-13-11-30(2)12-14-31)33-18-7-5-17(6-8-18)25-22(32)16-3-4-16/h5-10,16H,3-4,11-14H2,1-2H3,(H,25,32)(H2,24,26,27,28,29). The number of anilines is 4. The number of aromatic amines is 1. The van der Waals surface area contributed by atoms with Gasteiger partial charge < -0.3 is 20.4 Å². The first kappa shape index (κ1) is 21.7. The van der Waals surface area contributed by atoms with Gasteiger partial charge in [0.1, 0.15) is 11.6 Å². The number of carbonyl (C=O) groups excluding carboxylic acids is 1. The van der Waals surface area contributed by atoms with Gasteiger partial charge in [-0.25, -0.2) is 9.97 Å². The third-order valence-corrected chi connectivity index (χ3v) is 6.80. The van der Waals surface area contributed by atoms with Crippen LogP contribution in [0.5, 0.6) is 0 Å². The van der Waals surface area contributed by atoms with Gasteiger partial charge in [-0.2, -0.15) is 5.10 Å². The molecule has 10 heteroatoms. The highest BCUT2D eigenvalue weighted by atomic mass is 32.2. The molecule has 2 aliphatic rings. The Balaban J connectivity index is 1.38. The number of likely N-dealkylation sites (N-methyl/N-ethyl adjacent to an activating group) is 1. The van der Waals surface area contributed by atoms with Gasteiger partial charge in [-0.3, -0.25) is 9.89 Å². The van der Waals surface area contributed by atoms with Crippen molar-refractivity contribution in [2.24, 2.45) is 5.92 Å². The average Bonchev–Trinajstić information content (AvgIpc) is 3.55. The smallest absolute Gasteiger partial charge is 0.227 e. The minimum atomic E-state index is 0.114. The number of H-pyrrole nitrogens is 1. The van der Waals surface area contributed by atoms with E-state index in [9.17, 15) is 4.79 Å². The van der Waals surface area contributed by atoms with Crippen molar-refractivity contribution in [1.29, 1.82) is 0 Å². The van der Waals surface area contributed by atoms with Gasteiger partial charge in [0.25, 0.3) is 0 Å². The van der Waals surface area contributed by atoms with Crippen LogP contribution in [0.3, 0.4) is 0 Å². The number of carbonyl (C=O) groups is 1. The van der Waals surface area contributed by atoms with Crippen LogP contribution in [-0.2, 0) is 4.79 Å². The van der Waals surface area contributed by atoms with Crippen LogP contribution in [0.4, 0.5) is 23.1 Å². The molecular formula is C23H28N8OS. The van der Waals surface area contributed by atoms with E-state index in [1.54, 1.807) is 6.20 Å². The number of rotatable bonds is 7. The van der Waals surface area contributed by atoms with Gasteiger partial charge in [0.15, 0.2) is 11.0 Å². The monoisotopic (exact) mass is 464 g/mol. The lowest BCUT2D eigenvalue weighted by atomic mass is 10.2. The first-order chi connectivity index (χ1) is 16.0. The molecule has 1 saturated heterocycles. The highest BCUT2D eigenvalue weighted by Crippen LogP contribution is 2.34. The number of nitrogens with one attached hydrogen (secondary N) is 3. The normalized spacial score (nSPS) is 16.6. The van der Waals surface area contributed by atoms with Crippen molar-refractivity contribution in [3.63, 3.8) is 0 Å². The number of aromatic nitrogens is 4. The van der Waals surface area contributed by atoms with Crippen LogP contribution in [0.25, 0.3) is 0 Å². The fourth-order valence-corrected chi connectivity index (χ4v) is 4.48. The number of hydrogen-bond donors (Lipinski definition) is 3. The third kappa shape index (κ3) is 5.28. The van der Waals surface area contributed by atoms with E-state index in [0.717, 1.165) is 66.8 Å². The second-order valence-electron chi connectivity index (χ2n) is 8.57. The molecule has 0 bridgehead atoms. The Morgan fingerprint density at radius 3 is 2.52 bits per heavy atom. The van der Waals surface area contributed by atoms with Gasteiger partial charge in [-0.1, -0.05) is 0 Å². The SMILES string of the molecule is Cc1c(Nc2cc[nH]n2)nc(Sc2ccc(NC(=O)C3CC3)cc2)nc1N1CCN(C)CC1. The molecule has 0 unspecified atom stereocenters. The van der Waals surface area contributed by atoms with Gasteiger partial charge in [-0.05, 0) is 62.8 Å². The molecule has 1 aliphatic carbocycles. The summed E-state index contributed by atoms with van der Waals surface area (Å²) in [5, 5.41) is 14.0. The van der Waals surface area contributed by atoms with Gasteiger partial charge in [0.05, 0.1) is 0 Å². The molecule has 3 heterocycles. The van der Waals surface area contributed by atoms with E-state index in [1.807, 2.05) is 30.3 Å². The molecule has 1 saturated carbocycles. The molecule has 33 heavy (non-hydrogen) atoms. The van der Waals surface area contributed by atoms with E-state index in [2.05, 4.69) is 44.6 Å². The Morgan fingerprint density at radius 1 is 1.09 bits per heavy atom. The van der Waals surface area contributed by atoms with Crippen LogP contribution in [0, 0.1) is 12.8 Å². The zero-order valence-electron chi connectivity index (χ0n) is 18.8. The molecule has 2 fully saturated rings. The highest BCUT2D eigenvalue weighted by Gasteiger charge is 2.29. The summed E-state index contributed by atoms with van der Waals surface area (Å²) in [5.74, 6) is 2.72. The molecule has 2 aromatic heterocycles. The Labute approximate surface area is 197 Å². The van der Waals surface area contributed by atoms with E-state index in [1.165, 1.54) is 11.8 Å². The highest BCUT2D eigenvalue weighted by molar-refractivity contribution is 7.99. The van der Waals surface area contributed by atoms with Crippen molar-refractivity contribution in [1.82, 2.24) is 25.1 Å². The van der Waals surface area contributed by atoms with Crippen LogP contribution in [0.2, 0.25) is 0 Å². The Hall–Kier alpha value is -3.11. The maximum absolute atomic E-state index is 12.0. The number of nitrogens with zero attached hydrogens (tertiary/aromatic N) is 5. The Bertz CT molecular complexity index is 1110. The first-order valence-corrected chi connectivity index (χ1v) is 12.0. The summed E-state index contributed by atoms with van der Waals surface area (Å²) in [4.78, 5) is 27.4. The molecule has 0 spiro atoms. The zero-order valence-corrected chi connectivity index (χ0v) is 19.7. The van der Waals surface area contributed by atoms with E-state index >= 15 is 0 Å². The summed E-state index contributed by atoms with van der Waals surface area (Å²) in [6, 6.07) is 9.72. The topological polar surface area (TPSA) is 102 Å². The molecule has 1 aliphatic heterocycles. The number of amides is 1. The molecule has 3 N–H and O–H groups in total. The van der Waals surface area contributed by atoms with E-state index < -0.39 is 0 Å². The van der Waals surface area contributed by atoms with Gasteiger partial charge in [0, 0.05) is 60.5 Å². The second kappa shape index (κ2) is 9.40. The molecule has 3 aromatic rings. The van der Waals surface area contributed by atoms with Crippen LogP contribution in [0.15, 0.2) is 46.6 Å². The Morgan fingerprint density at radius 2 is 1.85 bits per heavy atom. The maximum Gasteiger partial charge on any atom is 0.227 e. The molecule has 0 radical (unpaired) electrons. The van der Waals surface area contributed by atoms with Crippen molar-refractivity contribution < 1.29 is 4.79 Å². The molecule has 5 rings (SSSR count). The lowest BCUT2D eigenvalue weighted by Crippen LogP contribution is -2.45. The van der Waals surface area contributed by atoms with Crippen molar-refractivity contribution in [2.45, 2.75) is 29.8 Å². The summed E-state index contributed by atoms with van der Waals surface area (Å²) in [6.45, 7) is 5.91. The first-order valence-electron chi connectivity index (χ1n) is 11.2. The molecule has 9 nitrogen and oxygen atoms in total. The van der Waals surface area contributed by atoms with Crippen molar-refractivity contribution >= 4 is 40.8 Å². The summed E-state index contributed by atoms with van der Waals surface area (Å²) in [6.07, 6.45) is 3.77. The maximum atomic E-state index is 12.0. The van der Waals surface area contributed by atoms with E-state index in [0.29, 0.717) is 11.0 Å². The van der Waals surface area contributed by atoms with E-state index in [-0.39, 0.29) is 11.8 Å². The van der Waals surface area contributed by atoms with Crippen molar-refractivity contribution in [2.75, 3.05) is 48.8 Å². The summed E-state index contributed by atoms with van der Waals surface area (Å²) < 4.78 is 0. The predicted octanol–water partition coefficient (Wildman–Crippen LogP) is 3.50. The van der Waals surface area contributed by atoms with Crippen molar-refractivity contribution in [3.8, 4) is 0 Å². The summed E-state index contributed by atoms with van der Waals surface area (Å²) in [5.41, 5.74) is 1.82. The molecule has 0 atom stereocenters. The second-order valence-corrected chi connectivity index (χ2v) is 9.61. The van der Waals surface area contributed by atoms with Gasteiger partial charge in [0.2, 0.25) is 5.91 Å². The van der Waals surface area contributed by atoms with Crippen LogP contribution < -0.4 is 15.5 Å². The average molecular weight is 465 g/mol. The van der Waals surface area contributed by atoms with Gasteiger partial charge >= 0.3 is 0 Å². The largest absolute Gasteiger partial charge is 0.354 e. The lowest BCUT2D eigenvalue weighted by Gasteiger charge is -2.34. The predicted molar refractivity (Wildman–Crippen MR) is 130 cm³/mol. The number of benzene rings is 1. The summed E-state index contributed by atoms with van der Waals surface area (Å²) >= 11 is 1.51. The van der Waals surface area contributed by atoms with Crippen molar-refractivity contribution in [3.05, 3.63) is 42.1 Å². The van der Waals surface area contributed by atoms with Crippen LogP contribution in [0.1, 0.15) is 18.4 Å². The molecule has 1 amide bonds. The lowest BCUT2D eigenvalue weighted by molar-refractivity contribution is -0.117. The van der Waals surface area contributed by atoms with Crippen LogP contribution >= 0.6 is 11.8 Å². The minimum Gasteiger partial charge on any atom is -0.354 e. The fraction of sp³-hybridized carbons (Fsp3) is 0.391. The zero-order chi connectivity index (χ0) is 22.8. The number of hydrogen-bond acceptors (Lipinski definition) is 8. The minimum absolute atomic E-state index is 0.114. The quantitative estimate of drug-likeness (QED) is 0.457. The fourth-order valence-electron chi connectivity index (χ4n) is 3.73. The number of piperazine rings is 1. The molecule has 1 aromatic carbocycles. The summed E-state index contributed by atoms with van der Waals surface area (Å²) in [7, 11) is 2.15.